The Hall–Kier alpha value is -2.93. The Balaban J connectivity index is 1.76. The van der Waals surface area contributed by atoms with Gasteiger partial charge in [-0.05, 0) is 42.8 Å². The van der Waals surface area contributed by atoms with Gasteiger partial charge >= 0.3 is 0 Å². The van der Waals surface area contributed by atoms with Gasteiger partial charge in [0.05, 0.1) is 5.69 Å². The molecule has 0 radical (unpaired) electrons. The molecule has 0 aliphatic heterocycles. The molecule has 0 aliphatic rings. The molecule has 0 amide bonds. The molecule has 7 heteroatoms. The molecule has 134 valence electrons. The van der Waals surface area contributed by atoms with Crippen LogP contribution in [0, 0.1) is 0 Å². The summed E-state index contributed by atoms with van der Waals surface area (Å²) in [6, 6.07) is 16.1. The van der Waals surface area contributed by atoms with Crippen LogP contribution in [-0.2, 0) is 16.6 Å². The standard InChI is InChI=1S/C19H20N4O2S/c1-2-23(17-8-4-3-5-9-17)26(24,25)18-10-11-19(22-15-18)21-14-16-7-6-12-20-13-16/h3-13,15H,2,14H2,1H3,(H,21,22). The summed E-state index contributed by atoms with van der Waals surface area (Å²) in [5, 5.41) is 3.15. The van der Waals surface area contributed by atoms with Gasteiger partial charge in [-0.3, -0.25) is 9.29 Å². The average molecular weight is 368 g/mol. The number of nitrogens with one attached hydrogen (secondary N) is 1. The van der Waals surface area contributed by atoms with Crippen molar-refractivity contribution in [1.82, 2.24) is 9.97 Å². The van der Waals surface area contributed by atoms with Crippen molar-refractivity contribution in [3.05, 3.63) is 78.8 Å². The first-order valence-corrected chi connectivity index (χ1v) is 9.72. The molecule has 0 atom stereocenters. The third-order valence-electron chi connectivity index (χ3n) is 3.85. The monoisotopic (exact) mass is 368 g/mol. The molecule has 2 heterocycles. The van der Waals surface area contributed by atoms with Gasteiger partial charge in [0, 0.05) is 31.7 Å². The lowest BCUT2D eigenvalue weighted by Crippen LogP contribution is -2.30. The van der Waals surface area contributed by atoms with Crippen molar-refractivity contribution in [2.75, 3.05) is 16.2 Å². The van der Waals surface area contributed by atoms with Crippen molar-refractivity contribution in [1.29, 1.82) is 0 Å². The molecule has 6 nitrogen and oxygen atoms in total. The van der Waals surface area contributed by atoms with E-state index in [1.807, 2.05) is 37.3 Å². The lowest BCUT2D eigenvalue weighted by molar-refractivity contribution is 0.591. The van der Waals surface area contributed by atoms with Crippen LogP contribution in [0.3, 0.4) is 0 Å². The molecule has 0 aliphatic carbocycles. The number of benzene rings is 1. The number of sulfonamides is 1. The summed E-state index contributed by atoms with van der Waals surface area (Å²) in [4.78, 5) is 8.45. The minimum atomic E-state index is -3.65. The second-order valence-electron chi connectivity index (χ2n) is 5.60. The number of pyridine rings is 2. The Morgan fingerprint density at radius 1 is 1.00 bits per heavy atom. The van der Waals surface area contributed by atoms with E-state index < -0.39 is 10.0 Å². The van der Waals surface area contributed by atoms with E-state index in [0.29, 0.717) is 24.6 Å². The molecule has 0 unspecified atom stereocenters. The van der Waals surface area contributed by atoms with Crippen LogP contribution in [-0.4, -0.2) is 24.9 Å². The van der Waals surface area contributed by atoms with E-state index in [1.54, 1.807) is 36.7 Å². The van der Waals surface area contributed by atoms with Crippen molar-refractivity contribution in [3.8, 4) is 0 Å². The molecule has 0 saturated carbocycles. The normalized spacial score (nSPS) is 11.1. The van der Waals surface area contributed by atoms with Crippen LogP contribution in [0.15, 0.2) is 78.1 Å². The SMILES string of the molecule is CCN(c1ccccc1)S(=O)(=O)c1ccc(NCc2cccnc2)nc1. The zero-order valence-corrected chi connectivity index (χ0v) is 15.2. The van der Waals surface area contributed by atoms with Crippen molar-refractivity contribution in [2.24, 2.45) is 0 Å². The van der Waals surface area contributed by atoms with E-state index >= 15 is 0 Å². The van der Waals surface area contributed by atoms with Gasteiger partial charge in [-0.15, -0.1) is 0 Å². The molecule has 1 N–H and O–H groups in total. The Morgan fingerprint density at radius 2 is 1.81 bits per heavy atom. The lowest BCUT2D eigenvalue weighted by atomic mass is 10.3. The Labute approximate surface area is 153 Å². The van der Waals surface area contributed by atoms with Crippen LogP contribution in [0.2, 0.25) is 0 Å². The largest absolute Gasteiger partial charge is 0.366 e. The highest BCUT2D eigenvalue weighted by Crippen LogP contribution is 2.23. The van der Waals surface area contributed by atoms with E-state index in [4.69, 9.17) is 0 Å². The fraction of sp³-hybridized carbons (Fsp3) is 0.158. The molecule has 3 aromatic rings. The van der Waals surface area contributed by atoms with Gasteiger partial charge in [0.1, 0.15) is 10.7 Å². The zero-order chi connectivity index (χ0) is 18.4. The predicted molar refractivity (Wildman–Crippen MR) is 102 cm³/mol. The van der Waals surface area contributed by atoms with Crippen LogP contribution >= 0.6 is 0 Å². The third-order valence-corrected chi connectivity index (χ3v) is 5.74. The van der Waals surface area contributed by atoms with Crippen LogP contribution in [0.4, 0.5) is 11.5 Å². The first kappa shape index (κ1) is 17.9. The van der Waals surface area contributed by atoms with Crippen molar-refractivity contribution < 1.29 is 8.42 Å². The topological polar surface area (TPSA) is 75.2 Å². The molecule has 0 spiro atoms. The summed E-state index contributed by atoms with van der Waals surface area (Å²) in [5.41, 5.74) is 1.65. The first-order chi connectivity index (χ1) is 12.6. The van der Waals surface area contributed by atoms with Crippen molar-refractivity contribution in [3.63, 3.8) is 0 Å². The quantitative estimate of drug-likeness (QED) is 0.692. The smallest absolute Gasteiger partial charge is 0.265 e. The van der Waals surface area contributed by atoms with Crippen LogP contribution in [0.1, 0.15) is 12.5 Å². The van der Waals surface area contributed by atoms with E-state index in [9.17, 15) is 8.42 Å². The summed E-state index contributed by atoms with van der Waals surface area (Å²) in [6.45, 7) is 2.72. The van der Waals surface area contributed by atoms with Gasteiger partial charge in [0.2, 0.25) is 0 Å². The third kappa shape index (κ3) is 4.00. The maximum Gasteiger partial charge on any atom is 0.265 e. The van der Waals surface area contributed by atoms with E-state index in [2.05, 4.69) is 15.3 Å². The van der Waals surface area contributed by atoms with Gasteiger partial charge in [0.15, 0.2) is 0 Å². The number of hydrogen-bond acceptors (Lipinski definition) is 5. The molecular weight excluding hydrogens is 348 g/mol. The lowest BCUT2D eigenvalue weighted by Gasteiger charge is -2.22. The molecule has 1 aromatic carbocycles. The average Bonchev–Trinajstić information content (AvgIpc) is 2.69. The van der Waals surface area contributed by atoms with Crippen molar-refractivity contribution in [2.45, 2.75) is 18.4 Å². The van der Waals surface area contributed by atoms with Crippen molar-refractivity contribution >= 4 is 21.5 Å². The highest BCUT2D eigenvalue weighted by molar-refractivity contribution is 7.92. The molecular formula is C19H20N4O2S. The highest BCUT2D eigenvalue weighted by atomic mass is 32.2. The van der Waals surface area contributed by atoms with Gasteiger partial charge in [0.25, 0.3) is 10.0 Å². The summed E-state index contributed by atoms with van der Waals surface area (Å²) < 4.78 is 27.2. The Bertz CT molecular complexity index is 930. The number of aromatic nitrogens is 2. The molecule has 2 aromatic heterocycles. The summed E-state index contributed by atoms with van der Waals surface area (Å²) in [7, 11) is -3.65. The fourth-order valence-corrected chi connectivity index (χ4v) is 3.97. The van der Waals surface area contributed by atoms with E-state index in [1.165, 1.54) is 10.5 Å². The molecule has 0 fully saturated rings. The number of nitrogens with zero attached hydrogens (tertiary/aromatic N) is 3. The minimum Gasteiger partial charge on any atom is -0.366 e. The van der Waals surface area contributed by atoms with Gasteiger partial charge in [-0.2, -0.15) is 0 Å². The van der Waals surface area contributed by atoms with Gasteiger partial charge in [-0.1, -0.05) is 24.3 Å². The van der Waals surface area contributed by atoms with Gasteiger partial charge in [-0.25, -0.2) is 13.4 Å². The predicted octanol–water partition coefficient (Wildman–Crippen LogP) is 3.30. The maximum atomic E-state index is 12.9. The van der Waals surface area contributed by atoms with E-state index in [0.717, 1.165) is 5.56 Å². The van der Waals surface area contributed by atoms with Crippen LogP contribution in [0.25, 0.3) is 0 Å². The zero-order valence-electron chi connectivity index (χ0n) is 14.4. The number of rotatable bonds is 7. The second kappa shape index (κ2) is 7.97. The van der Waals surface area contributed by atoms with Crippen LogP contribution < -0.4 is 9.62 Å². The fourth-order valence-electron chi connectivity index (χ4n) is 2.55. The van der Waals surface area contributed by atoms with E-state index in [-0.39, 0.29) is 4.90 Å². The summed E-state index contributed by atoms with van der Waals surface area (Å²) >= 11 is 0. The number of hydrogen-bond donors (Lipinski definition) is 1. The molecule has 26 heavy (non-hydrogen) atoms. The summed E-state index contributed by atoms with van der Waals surface area (Å²) in [5.74, 6) is 0.607. The number of anilines is 2. The minimum absolute atomic E-state index is 0.162. The Kier molecular flexibility index (Phi) is 5.48. The first-order valence-electron chi connectivity index (χ1n) is 8.28. The molecule has 0 saturated heterocycles. The number of para-hydroxylation sites is 1. The second-order valence-corrected chi connectivity index (χ2v) is 7.46. The van der Waals surface area contributed by atoms with Crippen LogP contribution in [0.5, 0.6) is 0 Å². The Morgan fingerprint density at radius 3 is 2.42 bits per heavy atom. The highest BCUT2D eigenvalue weighted by Gasteiger charge is 2.23. The van der Waals surface area contributed by atoms with Gasteiger partial charge < -0.3 is 5.32 Å². The molecule has 3 rings (SSSR count). The molecule has 0 bridgehead atoms. The summed E-state index contributed by atoms with van der Waals surface area (Å²) in [6.07, 6.45) is 4.87. The maximum absolute atomic E-state index is 12.9.